The van der Waals surface area contributed by atoms with Gasteiger partial charge in [0.1, 0.15) is 0 Å². The summed E-state index contributed by atoms with van der Waals surface area (Å²) in [7, 11) is 0. The van der Waals surface area contributed by atoms with Crippen molar-refractivity contribution in [3.8, 4) is 0 Å². The zero-order valence-electron chi connectivity index (χ0n) is 12.9. The van der Waals surface area contributed by atoms with Crippen LogP contribution in [0, 0.1) is 25.2 Å². The Balaban J connectivity index is 2.85. The number of nitrogens with one attached hydrogen (secondary N) is 1. The second kappa shape index (κ2) is 6.38. The third kappa shape index (κ3) is 4.45. The van der Waals surface area contributed by atoms with Gasteiger partial charge in [0.25, 0.3) is 0 Å². The minimum absolute atomic E-state index is 0.346. The van der Waals surface area contributed by atoms with E-state index in [0.29, 0.717) is 11.3 Å². The summed E-state index contributed by atoms with van der Waals surface area (Å²) in [6.07, 6.45) is 1.17. The highest BCUT2D eigenvalue weighted by atomic mass is 14.8. The topological polar surface area (TPSA) is 12.0 Å². The molecule has 1 nitrogen and oxygen atoms in total. The lowest BCUT2D eigenvalue weighted by molar-refractivity contribution is 0.232. The Morgan fingerprint density at radius 2 is 1.83 bits per heavy atom. The Kier molecular flexibility index (Phi) is 5.40. The van der Waals surface area contributed by atoms with Crippen molar-refractivity contribution < 1.29 is 0 Å². The zero-order chi connectivity index (χ0) is 13.8. The van der Waals surface area contributed by atoms with Gasteiger partial charge in [-0.15, -0.1) is 0 Å². The van der Waals surface area contributed by atoms with Crippen molar-refractivity contribution in [3.05, 3.63) is 34.9 Å². The molecule has 0 saturated heterocycles. The molecule has 102 valence electrons. The normalized spacial score (nSPS) is 13.7. The molecule has 0 amide bonds. The van der Waals surface area contributed by atoms with E-state index in [1.54, 1.807) is 0 Å². The lowest BCUT2D eigenvalue weighted by Crippen LogP contribution is -2.33. The minimum Gasteiger partial charge on any atom is -0.317 e. The van der Waals surface area contributed by atoms with Crippen LogP contribution in [-0.2, 0) is 6.42 Å². The zero-order valence-corrected chi connectivity index (χ0v) is 12.9. The van der Waals surface area contributed by atoms with Crippen LogP contribution < -0.4 is 5.32 Å². The first-order chi connectivity index (χ1) is 8.34. The quantitative estimate of drug-likeness (QED) is 0.825. The number of hydrogen-bond donors (Lipinski definition) is 1. The van der Waals surface area contributed by atoms with E-state index < -0.39 is 0 Å². The molecule has 1 N–H and O–H groups in total. The van der Waals surface area contributed by atoms with Crippen molar-refractivity contribution in [2.75, 3.05) is 13.1 Å². The fourth-order valence-electron chi connectivity index (χ4n) is 2.29. The molecule has 0 heterocycles. The Morgan fingerprint density at radius 3 is 2.39 bits per heavy atom. The summed E-state index contributed by atoms with van der Waals surface area (Å²) in [5.41, 5.74) is 4.64. The molecule has 0 fully saturated rings. The summed E-state index contributed by atoms with van der Waals surface area (Å²) in [6.45, 7) is 15.8. The van der Waals surface area contributed by atoms with E-state index in [1.165, 1.54) is 23.1 Å². The van der Waals surface area contributed by atoms with Gasteiger partial charge >= 0.3 is 0 Å². The van der Waals surface area contributed by atoms with Gasteiger partial charge in [0, 0.05) is 0 Å². The van der Waals surface area contributed by atoms with Crippen LogP contribution in [0.2, 0.25) is 0 Å². The highest BCUT2D eigenvalue weighted by Gasteiger charge is 2.24. The predicted octanol–water partition coefficient (Wildman–Crippen LogP) is 4.12. The standard InChI is InChI=1S/C17H29N/c1-7-18-12-16(17(4,5)6)11-15-10-13(2)8-9-14(15)3/h8-10,16,18H,7,11-12H2,1-6H3. The van der Waals surface area contributed by atoms with Crippen LogP contribution in [-0.4, -0.2) is 13.1 Å². The molecule has 1 aromatic carbocycles. The molecule has 1 heteroatoms. The molecule has 1 unspecified atom stereocenters. The lowest BCUT2D eigenvalue weighted by Gasteiger charge is -2.31. The van der Waals surface area contributed by atoms with Crippen LogP contribution in [0.15, 0.2) is 18.2 Å². The van der Waals surface area contributed by atoms with Crippen LogP contribution in [0.1, 0.15) is 44.4 Å². The number of benzene rings is 1. The van der Waals surface area contributed by atoms with Gasteiger partial charge in [-0.25, -0.2) is 0 Å². The van der Waals surface area contributed by atoms with Gasteiger partial charge in [-0.05, 0) is 55.8 Å². The van der Waals surface area contributed by atoms with Crippen molar-refractivity contribution >= 4 is 0 Å². The van der Waals surface area contributed by atoms with Gasteiger partial charge in [-0.3, -0.25) is 0 Å². The van der Waals surface area contributed by atoms with Crippen molar-refractivity contribution in [1.29, 1.82) is 0 Å². The predicted molar refractivity (Wildman–Crippen MR) is 81.1 cm³/mol. The molecule has 0 spiro atoms. The lowest BCUT2D eigenvalue weighted by atomic mass is 9.76. The van der Waals surface area contributed by atoms with Crippen LogP contribution in [0.25, 0.3) is 0 Å². The van der Waals surface area contributed by atoms with Crippen molar-refractivity contribution in [3.63, 3.8) is 0 Å². The van der Waals surface area contributed by atoms with E-state index in [9.17, 15) is 0 Å². The fraction of sp³-hybridized carbons (Fsp3) is 0.647. The van der Waals surface area contributed by atoms with Gasteiger partial charge < -0.3 is 5.32 Å². The van der Waals surface area contributed by atoms with Gasteiger partial charge in [0.15, 0.2) is 0 Å². The van der Waals surface area contributed by atoms with Gasteiger partial charge in [0.2, 0.25) is 0 Å². The number of rotatable bonds is 5. The van der Waals surface area contributed by atoms with Crippen LogP contribution in [0.4, 0.5) is 0 Å². The molecular formula is C17H29N. The molecule has 1 rings (SSSR count). The van der Waals surface area contributed by atoms with Crippen molar-refractivity contribution in [1.82, 2.24) is 5.32 Å². The molecule has 1 aromatic rings. The maximum absolute atomic E-state index is 3.51. The third-order valence-corrected chi connectivity index (χ3v) is 3.84. The monoisotopic (exact) mass is 247 g/mol. The van der Waals surface area contributed by atoms with Crippen LogP contribution >= 0.6 is 0 Å². The largest absolute Gasteiger partial charge is 0.317 e. The first-order valence-electron chi connectivity index (χ1n) is 7.11. The fourth-order valence-corrected chi connectivity index (χ4v) is 2.29. The van der Waals surface area contributed by atoms with E-state index in [1.807, 2.05) is 0 Å². The molecule has 1 atom stereocenters. The molecule has 0 saturated carbocycles. The Morgan fingerprint density at radius 1 is 1.17 bits per heavy atom. The number of hydrogen-bond acceptors (Lipinski definition) is 1. The highest BCUT2D eigenvalue weighted by molar-refractivity contribution is 5.31. The second-order valence-electron chi connectivity index (χ2n) is 6.50. The first kappa shape index (κ1) is 15.2. The summed E-state index contributed by atoms with van der Waals surface area (Å²) < 4.78 is 0. The van der Waals surface area contributed by atoms with Crippen LogP contribution in [0.5, 0.6) is 0 Å². The molecular weight excluding hydrogens is 218 g/mol. The average Bonchev–Trinajstić information content (AvgIpc) is 2.27. The first-order valence-corrected chi connectivity index (χ1v) is 7.11. The molecule has 18 heavy (non-hydrogen) atoms. The summed E-state index contributed by atoms with van der Waals surface area (Å²) in [4.78, 5) is 0. The highest BCUT2D eigenvalue weighted by Crippen LogP contribution is 2.29. The van der Waals surface area contributed by atoms with Crippen LogP contribution in [0.3, 0.4) is 0 Å². The minimum atomic E-state index is 0.346. The molecule has 0 aliphatic heterocycles. The Hall–Kier alpha value is -0.820. The van der Waals surface area contributed by atoms with Gasteiger partial charge in [-0.2, -0.15) is 0 Å². The van der Waals surface area contributed by atoms with Crippen molar-refractivity contribution in [2.45, 2.75) is 48.0 Å². The van der Waals surface area contributed by atoms with E-state index in [0.717, 1.165) is 13.1 Å². The molecule has 0 aromatic heterocycles. The molecule has 0 aliphatic rings. The van der Waals surface area contributed by atoms with E-state index in [4.69, 9.17) is 0 Å². The molecule has 0 aliphatic carbocycles. The smallest absolute Gasteiger partial charge is 0.00124 e. The SMILES string of the molecule is CCNCC(Cc1cc(C)ccc1C)C(C)(C)C. The molecule has 0 bridgehead atoms. The maximum atomic E-state index is 3.51. The van der Waals surface area contributed by atoms with E-state index in [2.05, 4.69) is 65.1 Å². The van der Waals surface area contributed by atoms with E-state index >= 15 is 0 Å². The summed E-state index contributed by atoms with van der Waals surface area (Å²) in [5, 5.41) is 3.51. The maximum Gasteiger partial charge on any atom is -0.00124 e. The van der Waals surface area contributed by atoms with Gasteiger partial charge in [0.05, 0.1) is 0 Å². The third-order valence-electron chi connectivity index (χ3n) is 3.84. The average molecular weight is 247 g/mol. The van der Waals surface area contributed by atoms with Crippen molar-refractivity contribution in [2.24, 2.45) is 11.3 Å². The van der Waals surface area contributed by atoms with E-state index in [-0.39, 0.29) is 0 Å². The Bertz CT molecular complexity index is 374. The Labute approximate surface area is 113 Å². The second-order valence-corrected chi connectivity index (χ2v) is 6.50. The summed E-state index contributed by atoms with van der Waals surface area (Å²) in [5.74, 6) is 0.679. The molecule has 0 radical (unpaired) electrons. The summed E-state index contributed by atoms with van der Waals surface area (Å²) in [6, 6.07) is 6.80. The summed E-state index contributed by atoms with van der Waals surface area (Å²) >= 11 is 0. The van der Waals surface area contributed by atoms with Gasteiger partial charge in [-0.1, -0.05) is 51.5 Å². The number of aryl methyl sites for hydroxylation is 2.